The fourth-order valence-corrected chi connectivity index (χ4v) is 3.96. The molecule has 25 heavy (non-hydrogen) atoms. The van der Waals surface area contributed by atoms with Gasteiger partial charge in [-0.15, -0.1) is 0 Å². The van der Waals surface area contributed by atoms with Crippen molar-refractivity contribution in [1.29, 1.82) is 0 Å². The first-order valence-electron chi connectivity index (χ1n) is 7.67. The highest BCUT2D eigenvalue weighted by molar-refractivity contribution is 9.11. The number of aliphatic carboxylic acids is 1. The number of hydrogen-bond acceptors (Lipinski definition) is 3. The Morgan fingerprint density at radius 1 is 1.24 bits per heavy atom. The van der Waals surface area contributed by atoms with E-state index in [1.165, 1.54) is 0 Å². The van der Waals surface area contributed by atoms with E-state index in [1.807, 2.05) is 13.8 Å². The summed E-state index contributed by atoms with van der Waals surface area (Å²) in [5.74, 6) is -0.743. The largest absolute Gasteiger partial charge is 0.486 e. The standard InChI is InChI=1S/C18H18Br2FNO3/c1-3-22-15-5-10(2)4-12(17(15)21)9-25-18-13(19)6-11(7-14(18)20)8-16(23)24/h4-7,22H,3,8-9H2,1-2H3,(H,23,24). The smallest absolute Gasteiger partial charge is 0.307 e. The number of nitrogens with one attached hydrogen (secondary N) is 1. The van der Waals surface area contributed by atoms with Crippen LogP contribution in [0.2, 0.25) is 0 Å². The molecule has 7 heteroatoms. The molecule has 0 saturated heterocycles. The molecular weight excluding hydrogens is 457 g/mol. The van der Waals surface area contributed by atoms with Crippen LogP contribution >= 0.6 is 31.9 Å². The summed E-state index contributed by atoms with van der Waals surface area (Å²) in [7, 11) is 0. The lowest BCUT2D eigenvalue weighted by Gasteiger charge is -2.15. The summed E-state index contributed by atoms with van der Waals surface area (Å²) < 4.78 is 21.5. The number of rotatable bonds is 7. The number of ether oxygens (including phenoxy) is 1. The van der Waals surface area contributed by atoms with Crippen LogP contribution in [0, 0.1) is 12.7 Å². The molecule has 0 bridgehead atoms. The first kappa shape index (κ1) is 19.7. The SMILES string of the molecule is CCNc1cc(C)cc(COc2c(Br)cc(CC(=O)O)cc2Br)c1F. The van der Waals surface area contributed by atoms with Gasteiger partial charge in [-0.05, 0) is 81.1 Å². The van der Waals surface area contributed by atoms with Crippen molar-refractivity contribution in [1.82, 2.24) is 0 Å². The molecule has 0 saturated carbocycles. The monoisotopic (exact) mass is 473 g/mol. The number of carboxylic acid groups (broad SMARTS) is 1. The molecule has 0 aliphatic heterocycles. The van der Waals surface area contributed by atoms with E-state index < -0.39 is 5.97 Å². The van der Waals surface area contributed by atoms with E-state index in [2.05, 4.69) is 37.2 Å². The second-order valence-electron chi connectivity index (χ2n) is 5.56. The number of halogens is 3. The first-order valence-corrected chi connectivity index (χ1v) is 9.25. The molecule has 0 aromatic heterocycles. The van der Waals surface area contributed by atoms with Crippen LogP contribution in [-0.4, -0.2) is 17.6 Å². The summed E-state index contributed by atoms with van der Waals surface area (Å²) in [5, 5.41) is 11.9. The quantitative estimate of drug-likeness (QED) is 0.571. The lowest BCUT2D eigenvalue weighted by molar-refractivity contribution is -0.136. The fraction of sp³-hybridized carbons (Fsp3) is 0.278. The molecule has 2 rings (SSSR count). The van der Waals surface area contributed by atoms with E-state index >= 15 is 0 Å². The molecule has 0 aliphatic rings. The number of hydrogen-bond donors (Lipinski definition) is 2. The van der Waals surface area contributed by atoms with Crippen molar-refractivity contribution >= 4 is 43.5 Å². The lowest BCUT2D eigenvalue weighted by atomic mass is 10.1. The predicted octanol–water partition coefficient (Wildman–Crippen LogP) is 5.30. The van der Waals surface area contributed by atoms with Gasteiger partial charge in [0.25, 0.3) is 0 Å². The number of benzene rings is 2. The van der Waals surface area contributed by atoms with Gasteiger partial charge < -0.3 is 15.2 Å². The highest BCUT2D eigenvalue weighted by atomic mass is 79.9. The van der Waals surface area contributed by atoms with Crippen molar-refractivity contribution in [2.75, 3.05) is 11.9 Å². The maximum Gasteiger partial charge on any atom is 0.307 e. The Balaban J connectivity index is 2.23. The second-order valence-corrected chi connectivity index (χ2v) is 7.27. The van der Waals surface area contributed by atoms with Crippen LogP contribution in [-0.2, 0) is 17.8 Å². The minimum Gasteiger partial charge on any atom is -0.486 e. The first-order chi connectivity index (χ1) is 11.8. The molecule has 0 amide bonds. The Bertz CT molecular complexity index is 773. The van der Waals surface area contributed by atoms with Crippen molar-refractivity contribution in [3.05, 3.63) is 55.7 Å². The molecule has 0 aliphatic carbocycles. The van der Waals surface area contributed by atoms with Crippen LogP contribution in [0.15, 0.2) is 33.2 Å². The molecule has 0 atom stereocenters. The summed E-state index contributed by atoms with van der Waals surface area (Å²) in [4.78, 5) is 10.8. The fourth-order valence-electron chi connectivity index (χ4n) is 2.44. The molecule has 2 aromatic carbocycles. The van der Waals surface area contributed by atoms with E-state index in [1.54, 1.807) is 24.3 Å². The molecule has 0 radical (unpaired) electrons. The van der Waals surface area contributed by atoms with E-state index in [4.69, 9.17) is 9.84 Å². The van der Waals surface area contributed by atoms with Crippen LogP contribution in [0.1, 0.15) is 23.6 Å². The maximum atomic E-state index is 14.5. The number of carboxylic acids is 1. The van der Waals surface area contributed by atoms with Crippen LogP contribution < -0.4 is 10.1 Å². The zero-order chi connectivity index (χ0) is 18.6. The second kappa shape index (κ2) is 8.67. The molecule has 0 spiro atoms. The van der Waals surface area contributed by atoms with Crippen LogP contribution in [0.5, 0.6) is 5.75 Å². The van der Waals surface area contributed by atoms with Gasteiger partial charge in [0.15, 0.2) is 5.82 Å². The Morgan fingerprint density at radius 2 is 1.88 bits per heavy atom. The van der Waals surface area contributed by atoms with Crippen molar-refractivity contribution < 1.29 is 19.0 Å². The number of anilines is 1. The van der Waals surface area contributed by atoms with Crippen molar-refractivity contribution in [2.45, 2.75) is 26.9 Å². The third kappa shape index (κ3) is 5.19. The van der Waals surface area contributed by atoms with Gasteiger partial charge in [-0.1, -0.05) is 0 Å². The highest BCUT2D eigenvalue weighted by Gasteiger charge is 2.14. The van der Waals surface area contributed by atoms with Gasteiger partial charge in [0.05, 0.1) is 21.1 Å². The Morgan fingerprint density at radius 3 is 2.44 bits per heavy atom. The van der Waals surface area contributed by atoms with Gasteiger partial charge in [-0.25, -0.2) is 4.39 Å². The van der Waals surface area contributed by atoms with Gasteiger partial charge in [0, 0.05) is 12.1 Å². The van der Waals surface area contributed by atoms with Gasteiger partial charge in [0.1, 0.15) is 12.4 Å². The third-order valence-corrected chi connectivity index (χ3v) is 4.62. The molecular formula is C18H18Br2FNO3. The predicted molar refractivity (Wildman–Crippen MR) is 103 cm³/mol. The average Bonchev–Trinajstić information content (AvgIpc) is 2.50. The number of carbonyl (C=O) groups is 1. The van der Waals surface area contributed by atoms with Crippen molar-refractivity contribution in [3.8, 4) is 5.75 Å². The third-order valence-electron chi connectivity index (χ3n) is 3.44. The summed E-state index contributed by atoms with van der Waals surface area (Å²) in [6.45, 7) is 4.49. The lowest BCUT2D eigenvalue weighted by Crippen LogP contribution is -2.06. The van der Waals surface area contributed by atoms with Gasteiger partial charge >= 0.3 is 5.97 Å². The highest BCUT2D eigenvalue weighted by Crippen LogP contribution is 2.36. The van der Waals surface area contributed by atoms with Crippen molar-refractivity contribution in [2.24, 2.45) is 0 Å². The summed E-state index contributed by atoms with van der Waals surface area (Å²) >= 11 is 6.76. The van der Waals surface area contributed by atoms with Crippen LogP contribution in [0.4, 0.5) is 10.1 Å². The minimum absolute atomic E-state index is 0.0569. The maximum absolute atomic E-state index is 14.5. The molecule has 134 valence electrons. The molecule has 2 aromatic rings. The molecule has 4 nitrogen and oxygen atoms in total. The summed E-state index contributed by atoms with van der Waals surface area (Å²) in [6.07, 6.45) is -0.0873. The Hall–Kier alpha value is -1.60. The molecule has 0 unspecified atom stereocenters. The molecule has 2 N–H and O–H groups in total. The molecule has 0 fully saturated rings. The van der Waals surface area contributed by atoms with Crippen molar-refractivity contribution in [3.63, 3.8) is 0 Å². The Labute approximate surface area is 162 Å². The van der Waals surface area contributed by atoms with E-state index in [0.29, 0.717) is 38.1 Å². The van der Waals surface area contributed by atoms with E-state index in [-0.39, 0.29) is 18.8 Å². The minimum atomic E-state index is -0.912. The van der Waals surface area contributed by atoms with Gasteiger partial charge in [0.2, 0.25) is 0 Å². The van der Waals surface area contributed by atoms with E-state index in [0.717, 1.165) is 5.56 Å². The Kier molecular flexibility index (Phi) is 6.84. The number of aryl methyl sites for hydroxylation is 1. The normalized spacial score (nSPS) is 10.6. The van der Waals surface area contributed by atoms with Crippen LogP contribution in [0.3, 0.4) is 0 Å². The van der Waals surface area contributed by atoms with E-state index in [9.17, 15) is 9.18 Å². The summed E-state index contributed by atoms with van der Waals surface area (Å²) in [6, 6.07) is 6.88. The zero-order valence-corrected chi connectivity index (χ0v) is 17.0. The average molecular weight is 475 g/mol. The zero-order valence-electron chi connectivity index (χ0n) is 13.8. The summed E-state index contributed by atoms with van der Waals surface area (Å²) in [5.41, 5.74) is 2.47. The molecule has 0 heterocycles. The van der Waals surface area contributed by atoms with Gasteiger partial charge in [-0.2, -0.15) is 0 Å². The van der Waals surface area contributed by atoms with Crippen LogP contribution in [0.25, 0.3) is 0 Å². The topological polar surface area (TPSA) is 58.6 Å². The van der Waals surface area contributed by atoms with Gasteiger partial charge in [-0.3, -0.25) is 4.79 Å².